The van der Waals surface area contributed by atoms with Gasteiger partial charge < -0.3 is 25.2 Å². The summed E-state index contributed by atoms with van der Waals surface area (Å²) < 4.78 is 18.5. The first-order valence-corrected chi connectivity index (χ1v) is 11.0. The number of amides is 3. The number of anilines is 2. The van der Waals surface area contributed by atoms with Gasteiger partial charge in [-0.2, -0.15) is 5.10 Å². The molecule has 10 nitrogen and oxygen atoms in total. The lowest BCUT2D eigenvalue weighted by Gasteiger charge is -2.32. The number of hydrogen-bond donors (Lipinski definition) is 3. The number of benzene rings is 1. The predicted molar refractivity (Wildman–Crippen MR) is 120 cm³/mol. The Balaban J connectivity index is 1.19. The molecule has 0 aliphatic carbocycles. The zero-order valence-electron chi connectivity index (χ0n) is 17.7. The molecule has 3 amide bonds. The molecule has 1 aromatic carbocycles. The van der Waals surface area contributed by atoms with Gasteiger partial charge in [-0.05, 0) is 37.1 Å². The SMILES string of the molecule is O=C(NC1CCN(C(=O)Nc2ccc(F)cc2)CC1)O[C@@H]1CCN(c2cn[nH]c(=O)c2Cl)C1. The zero-order valence-corrected chi connectivity index (χ0v) is 18.5. The van der Waals surface area contributed by atoms with Crippen LogP contribution in [-0.4, -0.2) is 65.5 Å². The van der Waals surface area contributed by atoms with E-state index in [2.05, 4.69) is 20.8 Å². The van der Waals surface area contributed by atoms with Gasteiger partial charge in [0.05, 0.1) is 18.4 Å². The van der Waals surface area contributed by atoms with Crippen molar-refractivity contribution in [3.05, 3.63) is 51.7 Å². The molecule has 2 aliphatic heterocycles. The Kier molecular flexibility index (Phi) is 6.97. The molecule has 2 aromatic rings. The maximum absolute atomic E-state index is 13.0. The highest BCUT2D eigenvalue weighted by atomic mass is 35.5. The standard InChI is InChI=1S/C21H24ClFN6O4/c22-18-17(11-24-27-19(18)30)29-10-7-16(12-29)33-21(32)26-15-5-8-28(9-6-15)20(31)25-14-3-1-13(23)2-4-14/h1-4,11,15-16H,5-10,12H2,(H,25,31)(H,26,32)(H,27,30)/t16-/m1/s1. The Bertz CT molecular complexity index is 1060. The normalized spacial score (nSPS) is 18.8. The third kappa shape index (κ3) is 5.72. The molecule has 12 heteroatoms. The molecule has 2 aliphatic rings. The fraction of sp³-hybridized carbons (Fsp3) is 0.429. The molecule has 0 saturated carbocycles. The summed E-state index contributed by atoms with van der Waals surface area (Å²) in [4.78, 5) is 39.9. The highest BCUT2D eigenvalue weighted by Gasteiger charge is 2.29. The summed E-state index contributed by atoms with van der Waals surface area (Å²) in [6.45, 7) is 1.96. The first-order chi connectivity index (χ1) is 15.9. The number of hydrogen-bond acceptors (Lipinski definition) is 6. The third-order valence-corrected chi connectivity index (χ3v) is 6.10. The molecule has 4 rings (SSSR count). The fourth-order valence-electron chi connectivity index (χ4n) is 3.95. The summed E-state index contributed by atoms with van der Waals surface area (Å²) in [5.41, 5.74) is 0.570. The predicted octanol–water partition coefficient (Wildman–Crippen LogP) is 2.56. The number of nitrogens with one attached hydrogen (secondary N) is 3. The van der Waals surface area contributed by atoms with Crippen molar-refractivity contribution in [2.75, 3.05) is 36.4 Å². The van der Waals surface area contributed by atoms with Crippen LogP contribution in [0.4, 0.5) is 25.4 Å². The minimum Gasteiger partial charge on any atom is -0.444 e. The van der Waals surface area contributed by atoms with Crippen molar-refractivity contribution in [3.8, 4) is 0 Å². The van der Waals surface area contributed by atoms with Crippen molar-refractivity contribution in [2.24, 2.45) is 0 Å². The number of ether oxygens (including phenoxy) is 1. The van der Waals surface area contributed by atoms with E-state index in [4.69, 9.17) is 16.3 Å². The Morgan fingerprint density at radius 1 is 1.15 bits per heavy atom. The number of alkyl carbamates (subject to hydrolysis) is 1. The molecule has 1 atom stereocenters. The lowest BCUT2D eigenvalue weighted by atomic mass is 10.1. The largest absolute Gasteiger partial charge is 0.444 e. The maximum Gasteiger partial charge on any atom is 0.407 e. The van der Waals surface area contributed by atoms with E-state index in [-0.39, 0.29) is 29.0 Å². The number of carbonyl (C=O) groups is 2. The summed E-state index contributed by atoms with van der Waals surface area (Å²) in [7, 11) is 0. The van der Waals surface area contributed by atoms with Crippen molar-refractivity contribution in [1.82, 2.24) is 20.4 Å². The molecule has 0 spiro atoms. The van der Waals surface area contributed by atoms with Crippen LogP contribution in [0.2, 0.25) is 5.02 Å². The number of halogens is 2. The second kappa shape index (κ2) is 10.1. The summed E-state index contributed by atoms with van der Waals surface area (Å²) >= 11 is 6.05. The number of urea groups is 1. The van der Waals surface area contributed by atoms with Gasteiger partial charge in [0.1, 0.15) is 16.9 Å². The molecule has 0 bridgehead atoms. The number of aromatic nitrogens is 2. The molecule has 3 heterocycles. The quantitative estimate of drug-likeness (QED) is 0.621. The molecule has 0 unspecified atom stereocenters. The number of piperidine rings is 1. The average Bonchev–Trinajstić information content (AvgIpc) is 3.25. The van der Waals surface area contributed by atoms with Crippen LogP contribution in [0.15, 0.2) is 35.3 Å². The molecule has 2 saturated heterocycles. The Morgan fingerprint density at radius 3 is 2.61 bits per heavy atom. The number of aromatic amines is 1. The number of likely N-dealkylation sites (tertiary alicyclic amines) is 1. The molecule has 176 valence electrons. The summed E-state index contributed by atoms with van der Waals surface area (Å²) in [5.74, 6) is -0.367. The molecular weight excluding hydrogens is 455 g/mol. The van der Waals surface area contributed by atoms with Crippen LogP contribution in [0.25, 0.3) is 0 Å². The number of rotatable bonds is 4. The van der Waals surface area contributed by atoms with E-state index in [1.54, 1.807) is 4.90 Å². The van der Waals surface area contributed by atoms with Gasteiger partial charge in [-0.3, -0.25) is 4.79 Å². The van der Waals surface area contributed by atoms with Gasteiger partial charge in [0.15, 0.2) is 0 Å². The van der Waals surface area contributed by atoms with Crippen LogP contribution in [0.1, 0.15) is 19.3 Å². The Hall–Kier alpha value is -3.34. The Labute approximate surface area is 194 Å². The van der Waals surface area contributed by atoms with E-state index in [1.165, 1.54) is 30.5 Å². The van der Waals surface area contributed by atoms with Crippen LogP contribution >= 0.6 is 11.6 Å². The van der Waals surface area contributed by atoms with E-state index in [9.17, 15) is 18.8 Å². The second-order valence-corrected chi connectivity index (χ2v) is 8.38. The molecule has 1 aromatic heterocycles. The number of carbonyl (C=O) groups excluding carboxylic acids is 2. The third-order valence-electron chi connectivity index (χ3n) is 5.74. The highest BCUT2D eigenvalue weighted by molar-refractivity contribution is 6.33. The van der Waals surface area contributed by atoms with Gasteiger partial charge in [-0.25, -0.2) is 19.1 Å². The van der Waals surface area contributed by atoms with Crippen molar-refractivity contribution in [3.63, 3.8) is 0 Å². The topological polar surface area (TPSA) is 120 Å². The average molecular weight is 479 g/mol. The van der Waals surface area contributed by atoms with E-state index in [1.807, 2.05) is 4.90 Å². The lowest BCUT2D eigenvalue weighted by Crippen LogP contribution is -2.48. The van der Waals surface area contributed by atoms with Gasteiger partial charge in [0.2, 0.25) is 0 Å². The fourth-order valence-corrected chi connectivity index (χ4v) is 4.16. The van der Waals surface area contributed by atoms with Crippen LogP contribution < -0.4 is 21.1 Å². The first kappa shape index (κ1) is 22.8. The highest BCUT2D eigenvalue weighted by Crippen LogP contribution is 2.26. The van der Waals surface area contributed by atoms with Gasteiger partial charge in [0, 0.05) is 37.8 Å². The molecular formula is C21H24ClFN6O4. The molecule has 2 fully saturated rings. The van der Waals surface area contributed by atoms with Crippen molar-refractivity contribution in [1.29, 1.82) is 0 Å². The van der Waals surface area contributed by atoms with E-state index >= 15 is 0 Å². The second-order valence-electron chi connectivity index (χ2n) is 8.00. The van der Waals surface area contributed by atoms with Crippen LogP contribution in [-0.2, 0) is 4.74 Å². The van der Waals surface area contributed by atoms with Crippen LogP contribution in [0.3, 0.4) is 0 Å². The van der Waals surface area contributed by atoms with Gasteiger partial charge >= 0.3 is 12.1 Å². The molecule has 33 heavy (non-hydrogen) atoms. The van der Waals surface area contributed by atoms with Crippen molar-refractivity contribution in [2.45, 2.75) is 31.4 Å². The van der Waals surface area contributed by atoms with Crippen LogP contribution in [0, 0.1) is 5.82 Å². The lowest BCUT2D eigenvalue weighted by molar-refractivity contribution is 0.101. The smallest absolute Gasteiger partial charge is 0.407 e. The minimum absolute atomic E-state index is 0.0605. The summed E-state index contributed by atoms with van der Waals surface area (Å²) in [5, 5.41) is 11.7. The Morgan fingerprint density at radius 2 is 1.88 bits per heavy atom. The van der Waals surface area contributed by atoms with Gasteiger partial charge in [-0.1, -0.05) is 11.6 Å². The van der Waals surface area contributed by atoms with Crippen molar-refractivity contribution >= 4 is 35.1 Å². The molecule has 3 N–H and O–H groups in total. The van der Waals surface area contributed by atoms with Crippen molar-refractivity contribution < 1.29 is 18.7 Å². The minimum atomic E-state index is -0.508. The van der Waals surface area contributed by atoms with E-state index < -0.39 is 11.7 Å². The maximum atomic E-state index is 13.0. The van der Waals surface area contributed by atoms with Gasteiger partial charge in [0.25, 0.3) is 5.56 Å². The number of nitrogens with zero attached hydrogens (tertiary/aromatic N) is 3. The summed E-state index contributed by atoms with van der Waals surface area (Å²) in [6.07, 6.45) is 2.44. The zero-order chi connectivity index (χ0) is 23.4. The van der Waals surface area contributed by atoms with Gasteiger partial charge in [-0.15, -0.1) is 0 Å². The van der Waals surface area contributed by atoms with Crippen LogP contribution in [0.5, 0.6) is 0 Å². The first-order valence-electron chi connectivity index (χ1n) is 10.7. The van der Waals surface area contributed by atoms with E-state index in [0.29, 0.717) is 56.8 Å². The molecule has 0 radical (unpaired) electrons. The monoisotopic (exact) mass is 478 g/mol. The summed E-state index contributed by atoms with van der Waals surface area (Å²) in [6, 6.07) is 5.21. The number of H-pyrrole nitrogens is 1. The van der Waals surface area contributed by atoms with E-state index in [0.717, 1.165) is 0 Å².